The van der Waals surface area contributed by atoms with E-state index >= 15 is 0 Å². The Morgan fingerprint density at radius 2 is 1.92 bits per heavy atom. The summed E-state index contributed by atoms with van der Waals surface area (Å²) in [5, 5.41) is 10.3. The number of benzene rings is 2. The minimum absolute atomic E-state index is 0.0281. The maximum Gasteiger partial charge on any atom is 0.573 e. The van der Waals surface area contributed by atoms with Crippen LogP contribution in [0.15, 0.2) is 48.7 Å². The van der Waals surface area contributed by atoms with Gasteiger partial charge in [-0.15, -0.1) is 18.3 Å². The first kappa shape index (κ1) is 24.3. The van der Waals surface area contributed by atoms with Crippen LogP contribution in [0.3, 0.4) is 0 Å². The monoisotopic (exact) mass is 515 g/mol. The highest BCUT2D eigenvalue weighted by molar-refractivity contribution is 6.05. The van der Waals surface area contributed by atoms with Crippen LogP contribution < -0.4 is 14.8 Å². The fraction of sp³-hybridized carbons (Fsp3) is 0.292. The number of alkyl halides is 3. The molecule has 3 aromatic rings. The molecule has 1 fully saturated rings. The van der Waals surface area contributed by atoms with Gasteiger partial charge in [0, 0.05) is 17.5 Å². The van der Waals surface area contributed by atoms with Gasteiger partial charge in [-0.25, -0.2) is 4.68 Å². The Balaban J connectivity index is 1.23. The Hall–Kier alpha value is -4.42. The number of nitrogens with one attached hydrogen (secondary N) is 1. The van der Waals surface area contributed by atoms with Crippen molar-refractivity contribution in [2.45, 2.75) is 44.9 Å². The minimum Gasteiger partial charge on any atom is -0.487 e. The number of aromatic nitrogens is 3. The number of hydrogen-bond acceptors (Lipinski definition) is 7. The highest BCUT2D eigenvalue weighted by atomic mass is 19.4. The maximum absolute atomic E-state index is 12.9. The largest absolute Gasteiger partial charge is 0.573 e. The first-order chi connectivity index (χ1) is 17.7. The standard InChI is InChI=1S/C24H20F3N5O5/c25-24(26,27)37-16-4-1-3-14(9-16)10-31-11-15(29-30-31)13-36-20-6-2-5-17-18(20)12-32(23(17)35)19-7-8-21(33)28-22(19)34/h1-6,9,11,19H,7-8,10,12-13H2,(H,28,33,34). The number of nitrogens with zero attached hydrogens (tertiary/aromatic N) is 4. The lowest BCUT2D eigenvalue weighted by atomic mass is 10.0. The summed E-state index contributed by atoms with van der Waals surface area (Å²) in [7, 11) is 0. The SMILES string of the molecule is O=C1CCC(N2Cc3c(OCc4cn(Cc5cccc(OC(F)(F)F)c5)nn4)cccc3C2=O)C(=O)N1. The normalized spacial score (nSPS) is 17.5. The smallest absolute Gasteiger partial charge is 0.487 e. The molecule has 1 saturated heterocycles. The third kappa shape index (κ3) is 5.39. The second-order valence-electron chi connectivity index (χ2n) is 8.57. The molecule has 2 aliphatic rings. The molecule has 0 saturated carbocycles. The molecule has 37 heavy (non-hydrogen) atoms. The Kier molecular flexibility index (Phi) is 6.27. The predicted octanol–water partition coefficient (Wildman–Crippen LogP) is 2.56. The van der Waals surface area contributed by atoms with Gasteiger partial charge in [-0.3, -0.25) is 19.7 Å². The van der Waals surface area contributed by atoms with Crippen molar-refractivity contribution in [1.29, 1.82) is 0 Å². The Morgan fingerprint density at radius 3 is 2.70 bits per heavy atom. The van der Waals surface area contributed by atoms with Crippen LogP contribution in [0.5, 0.6) is 11.5 Å². The molecular formula is C24H20F3N5O5. The number of rotatable bonds is 7. The van der Waals surface area contributed by atoms with E-state index in [9.17, 15) is 27.6 Å². The van der Waals surface area contributed by atoms with E-state index in [4.69, 9.17) is 4.74 Å². The van der Waals surface area contributed by atoms with E-state index in [1.807, 2.05) is 0 Å². The van der Waals surface area contributed by atoms with E-state index in [0.29, 0.717) is 28.1 Å². The molecule has 1 atom stereocenters. The van der Waals surface area contributed by atoms with Crippen molar-refractivity contribution in [1.82, 2.24) is 25.2 Å². The summed E-state index contributed by atoms with van der Waals surface area (Å²) in [5.41, 5.74) is 2.05. The van der Waals surface area contributed by atoms with Gasteiger partial charge in [-0.05, 0) is 36.2 Å². The van der Waals surface area contributed by atoms with E-state index in [0.717, 1.165) is 0 Å². The molecule has 2 aliphatic heterocycles. The van der Waals surface area contributed by atoms with E-state index in [1.165, 1.54) is 27.8 Å². The average Bonchev–Trinajstić information content (AvgIpc) is 3.41. The molecule has 3 heterocycles. The molecular weight excluding hydrogens is 495 g/mol. The lowest BCUT2D eigenvalue weighted by Gasteiger charge is -2.29. The van der Waals surface area contributed by atoms with Crippen molar-refractivity contribution in [3.8, 4) is 11.5 Å². The van der Waals surface area contributed by atoms with Crippen LogP contribution in [-0.4, -0.2) is 50.0 Å². The van der Waals surface area contributed by atoms with E-state index in [-0.39, 0.29) is 50.1 Å². The molecule has 0 radical (unpaired) electrons. The third-order valence-electron chi connectivity index (χ3n) is 5.98. The molecule has 1 unspecified atom stereocenters. The van der Waals surface area contributed by atoms with Gasteiger partial charge in [0.2, 0.25) is 11.8 Å². The van der Waals surface area contributed by atoms with Crippen LogP contribution in [0, 0.1) is 0 Å². The molecule has 0 spiro atoms. The van der Waals surface area contributed by atoms with Crippen molar-refractivity contribution in [2.75, 3.05) is 0 Å². The number of imide groups is 1. The van der Waals surface area contributed by atoms with E-state index < -0.39 is 18.3 Å². The van der Waals surface area contributed by atoms with E-state index in [2.05, 4.69) is 20.4 Å². The fourth-order valence-corrected chi connectivity index (χ4v) is 4.35. The van der Waals surface area contributed by atoms with Crippen LogP contribution in [0.2, 0.25) is 0 Å². The number of carbonyl (C=O) groups is 3. The number of amides is 3. The van der Waals surface area contributed by atoms with Gasteiger partial charge in [0.05, 0.1) is 19.3 Å². The Labute approximate surface area is 207 Å². The number of fused-ring (bicyclic) bond motifs is 1. The van der Waals surface area contributed by atoms with Crippen molar-refractivity contribution < 1.29 is 37.0 Å². The van der Waals surface area contributed by atoms with E-state index in [1.54, 1.807) is 30.5 Å². The van der Waals surface area contributed by atoms with Crippen molar-refractivity contribution >= 4 is 17.7 Å². The minimum atomic E-state index is -4.78. The van der Waals surface area contributed by atoms with Gasteiger partial charge in [-0.2, -0.15) is 0 Å². The summed E-state index contributed by atoms with van der Waals surface area (Å²) >= 11 is 0. The highest BCUT2D eigenvalue weighted by Crippen LogP contribution is 2.34. The summed E-state index contributed by atoms with van der Waals surface area (Å²) in [5.74, 6) is -1.03. The number of hydrogen-bond donors (Lipinski definition) is 1. The Morgan fingerprint density at radius 1 is 1.11 bits per heavy atom. The first-order valence-corrected chi connectivity index (χ1v) is 11.3. The molecule has 2 aromatic carbocycles. The summed E-state index contributed by atoms with van der Waals surface area (Å²) in [6.45, 7) is 0.359. The summed E-state index contributed by atoms with van der Waals surface area (Å²) in [6, 6.07) is 9.87. The number of halogens is 3. The molecule has 1 N–H and O–H groups in total. The van der Waals surface area contributed by atoms with Crippen molar-refractivity contribution in [2.24, 2.45) is 0 Å². The summed E-state index contributed by atoms with van der Waals surface area (Å²) < 4.78 is 48.7. The number of ether oxygens (including phenoxy) is 2. The topological polar surface area (TPSA) is 116 Å². The van der Waals surface area contributed by atoms with Gasteiger partial charge in [0.25, 0.3) is 5.91 Å². The number of piperidine rings is 1. The maximum atomic E-state index is 12.9. The molecule has 0 aliphatic carbocycles. The van der Waals surface area contributed by atoms with Gasteiger partial charge >= 0.3 is 6.36 Å². The molecule has 3 amide bonds. The molecule has 1 aromatic heterocycles. The highest BCUT2D eigenvalue weighted by Gasteiger charge is 2.40. The molecule has 0 bridgehead atoms. The second-order valence-corrected chi connectivity index (χ2v) is 8.57. The summed E-state index contributed by atoms with van der Waals surface area (Å²) in [6.07, 6.45) is -2.76. The average molecular weight is 515 g/mol. The zero-order valence-electron chi connectivity index (χ0n) is 19.2. The zero-order chi connectivity index (χ0) is 26.2. The molecule has 192 valence electrons. The third-order valence-corrected chi connectivity index (χ3v) is 5.98. The molecule has 5 rings (SSSR count). The van der Waals surface area contributed by atoms with Crippen molar-refractivity contribution in [3.63, 3.8) is 0 Å². The quantitative estimate of drug-likeness (QED) is 0.481. The first-order valence-electron chi connectivity index (χ1n) is 11.3. The second kappa shape index (κ2) is 9.56. The lowest BCUT2D eigenvalue weighted by Crippen LogP contribution is -2.52. The summed E-state index contributed by atoms with van der Waals surface area (Å²) in [4.78, 5) is 38.1. The molecule has 13 heteroatoms. The van der Waals surface area contributed by atoms with Crippen LogP contribution in [0.1, 0.15) is 40.0 Å². The van der Waals surface area contributed by atoms with Gasteiger partial charge in [-0.1, -0.05) is 23.4 Å². The zero-order valence-corrected chi connectivity index (χ0v) is 19.2. The van der Waals surface area contributed by atoms with Gasteiger partial charge < -0.3 is 14.4 Å². The molecule has 10 nitrogen and oxygen atoms in total. The lowest BCUT2D eigenvalue weighted by molar-refractivity contribution is -0.274. The van der Waals surface area contributed by atoms with Crippen molar-refractivity contribution in [3.05, 3.63) is 71.0 Å². The Bertz CT molecular complexity index is 1370. The van der Waals surface area contributed by atoms with Crippen LogP contribution >= 0.6 is 0 Å². The van der Waals surface area contributed by atoms with Crippen LogP contribution in [0.25, 0.3) is 0 Å². The predicted molar refractivity (Wildman–Crippen MR) is 119 cm³/mol. The number of carbonyl (C=O) groups excluding carboxylic acids is 3. The fourth-order valence-electron chi connectivity index (χ4n) is 4.35. The van der Waals surface area contributed by atoms with Crippen LogP contribution in [0.4, 0.5) is 13.2 Å². The van der Waals surface area contributed by atoms with Crippen LogP contribution in [-0.2, 0) is 29.3 Å². The van der Waals surface area contributed by atoms with Gasteiger partial charge in [0.15, 0.2) is 0 Å². The van der Waals surface area contributed by atoms with Gasteiger partial charge in [0.1, 0.15) is 29.8 Å².